The number of amides is 2. The summed E-state index contributed by atoms with van der Waals surface area (Å²) in [4.78, 5) is 38.2. The lowest BCUT2D eigenvalue weighted by atomic mass is 9.93. The van der Waals surface area contributed by atoms with Crippen molar-refractivity contribution in [2.24, 2.45) is 0 Å². The van der Waals surface area contributed by atoms with E-state index in [9.17, 15) is 9.59 Å². The van der Waals surface area contributed by atoms with E-state index in [1.807, 2.05) is 44.3 Å². The summed E-state index contributed by atoms with van der Waals surface area (Å²) in [6, 6.07) is 7.92. The van der Waals surface area contributed by atoms with Crippen LogP contribution in [-0.4, -0.2) is 59.9 Å². The van der Waals surface area contributed by atoms with E-state index in [1.165, 1.54) is 0 Å². The quantitative estimate of drug-likeness (QED) is 0.643. The van der Waals surface area contributed by atoms with E-state index < -0.39 is 0 Å². The molecule has 0 bridgehead atoms. The molecule has 4 heterocycles. The SMILES string of the molecule is Cc1cnc(N2CCN(C)CC2)cc1C1=C(c2c[nH]c3c(C)cccc23)C(=O)NC1=O. The van der Waals surface area contributed by atoms with Crippen LogP contribution in [0.15, 0.2) is 36.7 Å². The maximum Gasteiger partial charge on any atom is 0.259 e. The van der Waals surface area contributed by atoms with Crippen molar-refractivity contribution in [2.75, 3.05) is 38.1 Å². The minimum atomic E-state index is -0.361. The molecule has 7 nitrogen and oxygen atoms in total. The second-order valence-corrected chi connectivity index (χ2v) is 8.38. The zero-order valence-corrected chi connectivity index (χ0v) is 18.0. The number of aromatic amines is 1. The van der Waals surface area contributed by atoms with Gasteiger partial charge in [0.1, 0.15) is 5.82 Å². The molecule has 2 amide bonds. The van der Waals surface area contributed by atoms with Gasteiger partial charge in [-0.3, -0.25) is 14.9 Å². The van der Waals surface area contributed by atoms with E-state index >= 15 is 0 Å². The van der Waals surface area contributed by atoms with Gasteiger partial charge in [0.2, 0.25) is 0 Å². The van der Waals surface area contributed by atoms with Gasteiger partial charge in [-0.2, -0.15) is 0 Å². The summed E-state index contributed by atoms with van der Waals surface area (Å²) in [6.45, 7) is 7.64. The van der Waals surface area contributed by atoms with Crippen LogP contribution < -0.4 is 10.2 Å². The zero-order chi connectivity index (χ0) is 21.7. The number of nitrogens with zero attached hydrogens (tertiary/aromatic N) is 3. The minimum Gasteiger partial charge on any atom is -0.360 e. The van der Waals surface area contributed by atoms with Crippen molar-refractivity contribution < 1.29 is 9.59 Å². The predicted molar refractivity (Wildman–Crippen MR) is 122 cm³/mol. The van der Waals surface area contributed by atoms with Crippen LogP contribution in [0.2, 0.25) is 0 Å². The van der Waals surface area contributed by atoms with Crippen LogP contribution in [-0.2, 0) is 9.59 Å². The van der Waals surface area contributed by atoms with E-state index in [0.717, 1.165) is 65.2 Å². The number of carbonyl (C=O) groups is 2. The van der Waals surface area contributed by atoms with Gasteiger partial charge in [0.25, 0.3) is 11.8 Å². The fourth-order valence-electron chi connectivity index (χ4n) is 4.47. The Kier molecular flexibility index (Phi) is 4.63. The molecule has 158 valence electrons. The van der Waals surface area contributed by atoms with E-state index in [2.05, 4.69) is 32.1 Å². The van der Waals surface area contributed by atoms with Crippen molar-refractivity contribution in [3.05, 3.63) is 58.9 Å². The number of benzene rings is 1. The molecule has 0 atom stereocenters. The number of piperazine rings is 1. The number of H-pyrrole nitrogens is 1. The smallest absolute Gasteiger partial charge is 0.259 e. The van der Waals surface area contributed by atoms with Gasteiger partial charge in [0, 0.05) is 55.0 Å². The standard InChI is InChI=1S/C24H25N5O2/c1-14-5-4-6-16-18(13-26-22(14)16)21-20(23(30)27-24(21)31)17-11-19(25-12-15(17)2)29-9-7-28(3)8-10-29/h4-6,11-13,26H,7-10H2,1-3H3,(H,27,30,31). The van der Waals surface area contributed by atoms with Gasteiger partial charge in [-0.25, -0.2) is 4.98 Å². The first-order valence-corrected chi connectivity index (χ1v) is 10.5. The number of nitrogens with one attached hydrogen (secondary N) is 2. The van der Waals surface area contributed by atoms with Crippen LogP contribution in [0, 0.1) is 13.8 Å². The second-order valence-electron chi connectivity index (χ2n) is 8.38. The molecule has 2 aromatic heterocycles. The van der Waals surface area contributed by atoms with Gasteiger partial charge in [0.05, 0.1) is 11.1 Å². The number of hydrogen-bond acceptors (Lipinski definition) is 5. The highest BCUT2D eigenvalue weighted by Crippen LogP contribution is 2.37. The number of para-hydroxylation sites is 1. The van der Waals surface area contributed by atoms with Crippen molar-refractivity contribution in [3.8, 4) is 0 Å². The van der Waals surface area contributed by atoms with E-state index in [-0.39, 0.29) is 11.8 Å². The summed E-state index contributed by atoms with van der Waals surface area (Å²) in [5.74, 6) is 0.114. The lowest BCUT2D eigenvalue weighted by Gasteiger charge is -2.33. The zero-order valence-electron chi connectivity index (χ0n) is 18.0. The molecule has 0 unspecified atom stereocenters. The molecule has 0 aliphatic carbocycles. The van der Waals surface area contributed by atoms with Crippen LogP contribution in [0.4, 0.5) is 5.82 Å². The summed E-state index contributed by atoms with van der Waals surface area (Å²) in [5.41, 5.74) is 5.27. The monoisotopic (exact) mass is 415 g/mol. The van der Waals surface area contributed by atoms with Gasteiger partial charge < -0.3 is 14.8 Å². The Morgan fingerprint density at radius 3 is 2.39 bits per heavy atom. The number of hydrogen-bond donors (Lipinski definition) is 2. The summed E-state index contributed by atoms with van der Waals surface area (Å²) in [6.07, 6.45) is 3.62. The number of carbonyl (C=O) groups excluding carboxylic acids is 2. The number of pyridine rings is 1. The molecular weight excluding hydrogens is 390 g/mol. The highest BCUT2D eigenvalue weighted by Gasteiger charge is 2.34. The third kappa shape index (κ3) is 3.21. The van der Waals surface area contributed by atoms with Crippen molar-refractivity contribution >= 4 is 39.7 Å². The molecule has 0 saturated carbocycles. The fourth-order valence-corrected chi connectivity index (χ4v) is 4.47. The summed E-state index contributed by atoms with van der Waals surface area (Å²) in [5, 5.41) is 3.44. The Morgan fingerprint density at radius 2 is 1.65 bits per heavy atom. The van der Waals surface area contributed by atoms with E-state index in [4.69, 9.17) is 0 Å². The number of anilines is 1. The first-order valence-electron chi connectivity index (χ1n) is 10.5. The first-order chi connectivity index (χ1) is 14.9. The highest BCUT2D eigenvalue weighted by molar-refractivity contribution is 6.50. The van der Waals surface area contributed by atoms with Crippen LogP contribution >= 0.6 is 0 Å². The largest absolute Gasteiger partial charge is 0.360 e. The Balaban J connectivity index is 1.67. The number of aryl methyl sites for hydroxylation is 2. The lowest BCUT2D eigenvalue weighted by molar-refractivity contribution is -0.122. The fraction of sp³-hybridized carbons (Fsp3) is 0.292. The number of rotatable bonds is 3. The molecule has 0 spiro atoms. The Morgan fingerprint density at radius 1 is 0.935 bits per heavy atom. The minimum absolute atomic E-state index is 0.361. The van der Waals surface area contributed by atoms with Crippen LogP contribution in [0.25, 0.3) is 22.0 Å². The molecule has 0 radical (unpaired) electrons. The molecule has 31 heavy (non-hydrogen) atoms. The van der Waals surface area contributed by atoms with Gasteiger partial charge in [0.15, 0.2) is 0 Å². The number of imide groups is 1. The van der Waals surface area contributed by atoms with Crippen molar-refractivity contribution in [2.45, 2.75) is 13.8 Å². The first kappa shape index (κ1) is 19.5. The number of fused-ring (bicyclic) bond motifs is 1. The van der Waals surface area contributed by atoms with Gasteiger partial charge in [-0.05, 0) is 43.7 Å². The van der Waals surface area contributed by atoms with Crippen molar-refractivity contribution in [1.82, 2.24) is 20.2 Å². The molecule has 5 rings (SSSR count). The highest BCUT2D eigenvalue weighted by atomic mass is 16.2. The molecule has 2 aliphatic rings. The van der Waals surface area contributed by atoms with Crippen molar-refractivity contribution in [1.29, 1.82) is 0 Å². The average Bonchev–Trinajstić information content (AvgIpc) is 3.30. The van der Waals surface area contributed by atoms with Crippen LogP contribution in [0.1, 0.15) is 22.3 Å². The molecule has 3 aromatic rings. The third-order valence-corrected chi connectivity index (χ3v) is 6.31. The Labute approximate surface area is 180 Å². The summed E-state index contributed by atoms with van der Waals surface area (Å²) < 4.78 is 0. The number of likely N-dealkylation sites (N-methyl/N-ethyl adjacent to an activating group) is 1. The molecule has 1 saturated heterocycles. The summed E-state index contributed by atoms with van der Waals surface area (Å²) in [7, 11) is 2.11. The van der Waals surface area contributed by atoms with Gasteiger partial charge >= 0.3 is 0 Å². The maximum atomic E-state index is 12.9. The molecule has 2 aliphatic heterocycles. The summed E-state index contributed by atoms with van der Waals surface area (Å²) >= 11 is 0. The van der Waals surface area contributed by atoms with Gasteiger partial charge in [-0.15, -0.1) is 0 Å². The molecule has 7 heteroatoms. The third-order valence-electron chi connectivity index (χ3n) is 6.31. The number of aromatic nitrogens is 2. The lowest BCUT2D eigenvalue weighted by Crippen LogP contribution is -2.44. The van der Waals surface area contributed by atoms with E-state index in [1.54, 1.807) is 6.20 Å². The van der Waals surface area contributed by atoms with Crippen molar-refractivity contribution in [3.63, 3.8) is 0 Å². The Hall–Kier alpha value is -3.45. The molecule has 1 fully saturated rings. The molecule has 2 N–H and O–H groups in total. The van der Waals surface area contributed by atoms with E-state index in [0.29, 0.717) is 11.1 Å². The van der Waals surface area contributed by atoms with Gasteiger partial charge in [-0.1, -0.05) is 18.2 Å². The normalized spacial score (nSPS) is 17.7. The molecule has 1 aromatic carbocycles. The average molecular weight is 415 g/mol. The predicted octanol–water partition coefficient (Wildman–Crippen LogP) is 2.50. The van der Waals surface area contributed by atoms with Crippen LogP contribution in [0.5, 0.6) is 0 Å². The van der Waals surface area contributed by atoms with Crippen LogP contribution in [0.3, 0.4) is 0 Å². The Bertz CT molecular complexity index is 1250. The molecular formula is C24H25N5O2. The second kappa shape index (κ2) is 7.35. The maximum absolute atomic E-state index is 12.9. The topological polar surface area (TPSA) is 81.3 Å².